The number of hydrogen-bond donors (Lipinski definition) is 0. The van der Waals surface area contributed by atoms with Gasteiger partial charge in [0.1, 0.15) is 11.9 Å². The van der Waals surface area contributed by atoms with Crippen molar-refractivity contribution in [3.05, 3.63) is 60.8 Å². The molecule has 0 unspecified atom stereocenters. The van der Waals surface area contributed by atoms with Crippen molar-refractivity contribution in [2.45, 2.75) is 51.0 Å². The summed E-state index contributed by atoms with van der Waals surface area (Å²) < 4.78 is 16.2. The monoisotopic (exact) mass is 423 g/mol. The van der Waals surface area contributed by atoms with Crippen LogP contribution < -0.4 is 4.74 Å². The fourth-order valence-electron chi connectivity index (χ4n) is 3.44. The Morgan fingerprint density at radius 2 is 1.74 bits per heavy atom. The van der Waals surface area contributed by atoms with Crippen LogP contribution in [0, 0.1) is 0 Å². The summed E-state index contributed by atoms with van der Waals surface area (Å²) in [4.78, 5) is 27.7. The van der Waals surface area contributed by atoms with Gasteiger partial charge in [-0.05, 0) is 74.9 Å². The molecule has 31 heavy (non-hydrogen) atoms. The number of pyridine rings is 1. The molecule has 1 fully saturated rings. The fourth-order valence-corrected chi connectivity index (χ4v) is 3.44. The van der Waals surface area contributed by atoms with Crippen molar-refractivity contribution >= 4 is 11.9 Å². The van der Waals surface area contributed by atoms with Crippen LogP contribution in [-0.4, -0.2) is 36.2 Å². The van der Waals surface area contributed by atoms with Gasteiger partial charge in [-0.2, -0.15) is 0 Å². The lowest BCUT2D eigenvalue weighted by Crippen LogP contribution is -2.21. The fraction of sp³-hybridized carbons (Fsp3) is 0.400. The summed E-state index contributed by atoms with van der Waals surface area (Å²) in [6.45, 7) is 4.26. The van der Waals surface area contributed by atoms with Crippen LogP contribution in [0.5, 0.6) is 5.75 Å². The van der Waals surface area contributed by atoms with E-state index in [4.69, 9.17) is 14.2 Å². The highest BCUT2D eigenvalue weighted by molar-refractivity contribution is 5.89. The second kappa shape index (κ2) is 11.9. The van der Waals surface area contributed by atoms with Gasteiger partial charge in [-0.1, -0.05) is 13.0 Å². The predicted molar refractivity (Wildman–Crippen MR) is 118 cm³/mol. The van der Waals surface area contributed by atoms with Crippen molar-refractivity contribution < 1.29 is 23.8 Å². The van der Waals surface area contributed by atoms with Crippen LogP contribution in [0.2, 0.25) is 0 Å². The lowest BCUT2D eigenvalue weighted by atomic mass is 9.98. The van der Waals surface area contributed by atoms with E-state index < -0.39 is 5.97 Å². The normalized spacial score (nSPS) is 13.9. The van der Waals surface area contributed by atoms with E-state index in [0.717, 1.165) is 61.6 Å². The minimum atomic E-state index is -0.403. The third kappa shape index (κ3) is 7.24. The molecule has 6 nitrogen and oxygen atoms in total. The molecular weight excluding hydrogens is 394 g/mol. The van der Waals surface area contributed by atoms with Gasteiger partial charge in [-0.3, -0.25) is 4.98 Å². The first-order valence-electron chi connectivity index (χ1n) is 10.8. The average Bonchev–Trinajstić information content (AvgIpc) is 2.82. The highest BCUT2D eigenvalue weighted by Gasteiger charge is 2.19. The summed E-state index contributed by atoms with van der Waals surface area (Å²) in [5.74, 6) is 0.0627. The molecule has 1 saturated carbocycles. The van der Waals surface area contributed by atoms with Gasteiger partial charge in [-0.15, -0.1) is 0 Å². The van der Waals surface area contributed by atoms with Gasteiger partial charge >= 0.3 is 11.9 Å². The van der Waals surface area contributed by atoms with Crippen molar-refractivity contribution in [2.75, 3.05) is 13.2 Å². The van der Waals surface area contributed by atoms with Gasteiger partial charge in [0.05, 0.1) is 24.5 Å². The molecule has 1 aromatic heterocycles. The van der Waals surface area contributed by atoms with Crippen LogP contribution in [0.25, 0.3) is 11.3 Å². The number of benzene rings is 1. The Labute approximate surface area is 183 Å². The van der Waals surface area contributed by atoms with Gasteiger partial charge in [0.25, 0.3) is 0 Å². The Bertz CT molecular complexity index is 854. The molecule has 0 radical (unpaired) electrons. The number of carbonyl (C=O) groups is 2. The number of unbranched alkanes of at least 4 members (excludes halogenated alkanes) is 1. The van der Waals surface area contributed by atoms with E-state index in [1.54, 1.807) is 12.3 Å². The maximum atomic E-state index is 12.3. The zero-order chi connectivity index (χ0) is 21.9. The molecule has 1 aliphatic carbocycles. The smallest absolute Gasteiger partial charge is 0.339 e. The van der Waals surface area contributed by atoms with E-state index in [1.165, 1.54) is 6.42 Å². The molecule has 0 saturated heterocycles. The molecule has 0 N–H and O–H groups in total. The zero-order valence-electron chi connectivity index (χ0n) is 17.8. The lowest BCUT2D eigenvalue weighted by Gasteiger charge is -2.21. The molecule has 1 heterocycles. The van der Waals surface area contributed by atoms with Crippen LogP contribution in [0.1, 0.15) is 55.3 Å². The van der Waals surface area contributed by atoms with Crippen LogP contribution in [0.3, 0.4) is 0 Å². The maximum Gasteiger partial charge on any atom is 0.339 e. The summed E-state index contributed by atoms with van der Waals surface area (Å²) in [6, 6.07) is 11.2. The Morgan fingerprint density at radius 1 is 1.00 bits per heavy atom. The average molecular weight is 424 g/mol. The lowest BCUT2D eigenvalue weighted by molar-refractivity contribution is -0.137. The first kappa shape index (κ1) is 22.5. The Kier molecular flexibility index (Phi) is 8.64. The highest BCUT2D eigenvalue weighted by Crippen LogP contribution is 2.23. The van der Waals surface area contributed by atoms with Crippen LogP contribution in [0.4, 0.5) is 0 Å². The first-order chi connectivity index (χ1) is 15.2. The third-order valence-electron chi connectivity index (χ3n) is 5.19. The Hall–Kier alpha value is -3.15. The predicted octanol–water partition coefficient (Wildman–Crippen LogP) is 5.13. The molecule has 164 valence electrons. The van der Waals surface area contributed by atoms with Crippen LogP contribution >= 0.6 is 0 Å². The van der Waals surface area contributed by atoms with E-state index in [-0.39, 0.29) is 12.1 Å². The molecule has 1 aromatic carbocycles. The molecular formula is C25H29NO5. The largest absolute Gasteiger partial charge is 0.494 e. The molecule has 3 rings (SSSR count). The Balaban J connectivity index is 1.44. The molecule has 1 aliphatic rings. The first-order valence-corrected chi connectivity index (χ1v) is 10.8. The zero-order valence-corrected chi connectivity index (χ0v) is 17.8. The number of hydrogen-bond acceptors (Lipinski definition) is 6. The van der Waals surface area contributed by atoms with Crippen molar-refractivity contribution in [3.8, 4) is 17.0 Å². The van der Waals surface area contributed by atoms with Gasteiger partial charge in [0, 0.05) is 17.8 Å². The SMILES string of the molecule is C=CC(=O)OCCCCOc1ccc(-c2ccc(C(=O)OC3CCCCC3)cn2)cc1. The van der Waals surface area contributed by atoms with Gasteiger partial charge in [-0.25, -0.2) is 9.59 Å². The Morgan fingerprint density at radius 3 is 2.42 bits per heavy atom. The highest BCUT2D eigenvalue weighted by atomic mass is 16.5. The topological polar surface area (TPSA) is 74.7 Å². The van der Waals surface area contributed by atoms with E-state index in [9.17, 15) is 9.59 Å². The number of rotatable bonds is 10. The summed E-state index contributed by atoms with van der Waals surface area (Å²) in [7, 11) is 0. The second-order valence-corrected chi connectivity index (χ2v) is 7.55. The van der Waals surface area contributed by atoms with Crippen molar-refractivity contribution in [1.82, 2.24) is 4.98 Å². The molecule has 2 aromatic rings. The molecule has 0 aliphatic heterocycles. The summed E-state index contributed by atoms with van der Waals surface area (Å²) in [5.41, 5.74) is 2.20. The molecule has 6 heteroatoms. The second-order valence-electron chi connectivity index (χ2n) is 7.55. The van der Waals surface area contributed by atoms with Crippen molar-refractivity contribution in [2.24, 2.45) is 0 Å². The van der Waals surface area contributed by atoms with Crippen molar-refractivity contribution in [3.63, 3.8) is 0 Å². The minimum absolute atomic E-state index is 0.0376. The van der Waals surface area contributed by atoms with Crippen molar-refractivity contribution in [1.29, 1.82) is 0 Å². The minimum Gasteiger partial charge on any atom is -0.494 e. The summed E-state index contributed by atoms with van der Waals surface area (Å²) in [6.07, 6.45) is 9.66. The number of aromatic nitrogens is 1. The molecule has 0 amide bonds. The van der Waals surface area contributed by atoms with Gasteiger partial charge in [0.2, 0.25) is 0 Å². The number of nitrogens with zero attached hydrogens (tertiary/aromatic N) is 1. The number of esters is 2. The molecule has 0 spiro atoms. The van der Waals surface area contributed by atoms with Crippen LogP contribution in [-0.2, 0) is 14.3 Å². The quantitative estimate of drug-likeness (QED) is 0.300. The molecule has 0 bridgehead atoms. The van der Waals surface area contributed by atoms with E-state index in [1.807, 2.05) is 30.3 Å². The van der Waals surface area contributed by atoms with E-state index in [0.29, 0.717) is 18.8 Å². The number of ether oxygens (including phenoxy) is 3. The van der Waals surface area contributed by atoms with Crippen LogP contribution in [0.15, 0.2) is 55.3 Å². The van der Waals surface area contributed by atoms with E-state index in [2.05, 4.69) is 11.6 Å². The third-order valence-corrected chi connectivity index (χ3v) is 5.19. The maximum absolute atomic E-state index is 12.3. The summed E-state index contributed by atoms with van der Waals surface area (Å²) in [5, 5.41) is 0. The number of carbonyl (C=O) groups excluding carboxylic acids is 2. The van der Waals surface area contributed by atoms with E-state index >= 15 is 0 Å². The molecule has 0 atom stereocenters. The van der Waals surface area contributed by atoms with Gasteiger partial charge < -0.3 is 14.2 Å². The standard InChI is InChI=1S/C25H29NO5/c1-2-24(27)30-17-7-6-16-29-21-13-10-19(11-14-21)23-15-12-20(18-26-23)25(28)31-22-8-4-3-5-9-22/h2,10-15,18,22H,1,3-9,16-17H2. The van der Waals surface area contributed by atoms with Gasteiger partial charge in [0.15, 0.2) is 0 Å². The summed E-state index contributed by atoms with van der Waals surface area (Å²) >= 11 is 0.